The van der Waals surface area contributed by atoms with Gasteiger partial charge in [-0.15, -0.1) is 0 Å². The van der Waals surface area contributed by atoms with Crippen LogP contribution in [-0.4, -0.2) is 5.97 Å². The van der Waals surface area contributed by atoms with Crippen LogP contribution in [0.1, 0.15) is 96.8 Å². The third kappa shape index (κ3) is 13.7. The van der Waals surface area contributed by atoms with E-state index in [0.29, 0.717) is 5.75 Å². The summed E-state index contributed by atoms with van der Waals surface area (Å²) in [6.07, 6.45) is 22.2. The van der Waals surface area contributed by atoms with Gasteiger partial charge < -0.3 is 4.74 Å². The highest BCUT2D eigenvalue weighted by Gasteiger charge is 1.98. The molecule has 0 bridgehead atoms. The summed E-state index contributed by atoms with van der Waals surface area (Å²) in [4.78, 5) is 11.6. The van der Waals surface area contributed by atoms with Gasteiger partial charge >= 0.3 is 5.97 Å². The first-order chi connectivity index (χ1) is 12.8. The first-order valence-electron chi connectivity index (χ1n) is 10.8. The van der Waals surface area contributed by atoms with Gasteiger partial charge in [-0.05, 0) is 25.0 Å². The molecule has 0 unspecified atom stereocenters. The molecule has 0 heterocycles. The summed E-state index contributed by atoms with van der Waals surface area (Å²) in [7, 11) is 0. The van der Waals surface area contributed by atoms with Crippen molar-refractivity contribution in [3.8, 4) is 5.75 Å². The van der Waals surface area contributed by atoms with Crippen LogP contribution in [0.2, 0.25) is 0 Å². The summed E-state index contributed by atoms with van der Waals surface area (Å²) >= 11 is 0. The van der Waals surface area contributed by atoms with Crippen molar-refractivity contribution >= 4 is 5.97 Å². The Balaban J connectivity index is 1.83. The summed E-state index contributed by atoms with van der Waals surface area (Å²) in [6, 6.07) is 9.21. The molecule has 0 N–H and O–H groups in total. The van der Waals surface area contributed by atoms with Crippen molar-refractivity contribution in [2.24, 2.45) is 0 Å². The maximum absolute atomic E-state index is 11.6. The fraction of sp³-hybridized carbons (Fsp3) is 0.625. The first kappa shape index (κ1) is 22.5. The van der Waals surface area contributed by atoms with E-state index >= 15 is 0 Å². The van der Waals surface area contributed by atoms with E-state index in [1.165, 1.54) is 77.0 Å². The highest BCUT2D eigenvalue weighted by molar-refractivity contribution is 5.83. The molecule has 0 aliphatic carbocycles. The van der Waals surface area contributed by atoms with Crippen molar-refractivity contribution in [1.29, 1.82) is 0 Å². The predicted octanol–water partition coefficient (Wildman–Crippen LogP) is 7.63. The molecular weight excluding hydrogens is 320 g/mol. The average molecular weight is 359 g/mol. The van der Waals surface area contributed by atoms with Gasteiger partial charge in [-0.25, -0.2) is 4.79 Å². The lowest BCUT2D eigenvalue weighted by Gasteiger charge is -2.02. The van der Waals surface area contributed by atoms with Crippen molar-refractivity contribution in [1.82, 2.24) is 0 Å². The van der Waals surface area contributed by atoms with Gasteiger partial charge in [0.25, 0.3) is 0 Å². The van der Waals surface area contributed by atoms with E-state index in [4.69, 9.17) is 4.74 Å². The van der Waals surface area contributed by atoms with E-state index in [1.807, 2.05) is 24.3 Å². The number of esters is 1. The molecule has 26 heavy (non-hydrogen) atoms. The van der Waals surface area contributed by atoms with Crippen LogP contribution in [0.3, 0.4) is 0 Å². The number of unbranched alkanes of at least 4 members (excludes halogenated alkanes) is 13. The van der Waals surface area contributed by atoms with E-state index in [1.54, 1.807) is 18.2 Å². The zero-order valence-corrected chi connectivity index (χ0v) is 16.8. The normalized spacial score (nSPS) is 11.1. The summed E-state index contributed by atoms with van der Waals surface area (Å²) in [5, 5.41) is 0. The number of ether oxygens (including phenoxy) is 1. The first-order valence-corrected chi connectivity index (χ1v) is 10.8. The van der Waals surface area contributed by atoms with Crippen molar-refractivity contribution in [2.45, 2.75) is 96.8 Å². The molecule has 0 radical (unpaired) electrons. The Morgan fingerprint density at radius 2 is 1.27 bits per heavy atom. The van der Waals surface area contributed by atoms with Gasteiger partial charge in [-0.3, -0.25) is 0 Å². The number of hydrogen-bond donors (Lipinski definition) is 0. The van der Waals surface area contributed by atoms with Crippen molar-refractivity contribution in [3.05, 3.63) is 42.5 Å². The van der Waals surface area contributed by atoms with E-state index in [9.17, 15) is 4.79 Å². The van der Waals surface area contributed by atoms with Crippen LogP contribution in [-0.2, 0) is 4.79 Å². The molecule has 0 aromatic heterocycles. The second-order valence-electron chi connectivity index (χ2n) is 7.17. The van der Waals surface area contributed by atoms with Crippen molar-refractivity contribution in [2.75, 3.05) is 0 Å². The Morgan fingerprint density at radius 3 is 1.81 bits per heavy atom. The number of hydrogen-bond acceptors (Lipinski definition) is 2. The van der Waals surface area contributed by atoms with Crippen LogP contribution in [0.5, 0.6) is 5.75 Å². The van der Waals surface area contributed by atoms with Crippen LogP contribution in [0, 0.1) is 0 Å². The molecule has 1 aromatic rings. The fourth-order valence-corrected chi connectivity index (χ4v) is 3.10. The molecular formula is C24H38O2. The molecule has 0 fully saturated rings. The molecule has 0 saturated heterocycles. The largest absolute Gasteiger partial charge is 0.423 e. The van der Waals surface area contributed by atoms with Crippen LogP contribution in [0.25, 0.3) is 0 Å². The Labute approximate surface area is 161 Å². The summed E-state index contributed by atoms with van der Waals surface area (Å²) in [5.74, 6) is 0.314. The molecule has 146 valence electrons. The van der Waals surface area contributed by atoms with Crippen LogP contribution in [0.15, 0.2) is 42.5 Å². The Morgan fingerprint density at radius 1 is 0.769 bits per heavy atom. The smallest absolute Gasteiger partial charge is 0.335 e. The third-order valence-corrected chi connectivity index (χ3v) is 4.69. The second kappa shape index (κ2) is 16.9. The SMILES string of the molecule is CCCCCCCCCCCCCCCC=CC(=O)Oc1ccccc1. The Bertz CT molecular complexity index is 464. The molecule has 0 saturated carbocycles. The number of benzene rings is 1. The lowest BCUT2D eigenvalue weighted by molar-refractivity contribution is -0.129. The number of rotatable bonds is 16. The number of carbonyl (C=O) groups excluding carboxylic acids is 1. The topological polar surface area (TPSA) is 26.3 Å². The standard InChI is InChI=1S/C24H38O2/c1-2-3-4-5-6-7-8-9-10-11-12-13-14-15-19-22-24(25)26-23-20-17-16-18-21-23/h16-22H,2-15H2,1H3. The molecule has 0 aliphatic rings. The van der Waals surface area contributed by atoms with Crippen LogP contribution < -0.4 is 4.74 Å². The minimum atomic E-state index is -0.286. The van der Waals surface area contributed by atoms with Gasteiger partial charge in [-0.2, -0.15) is 0 Å². The van der Waals surface area contributed by atoms with Gasteiger partial charge in [0.2, 0.25) is 0 Å². The van der Waals surface area contributed by atoms with E-state index in [0.717, 1.165) is 12.8 Å². The predicted molar refractivity (Wildman–Crippen MR) is 112 cm³/mol. The molecule has 0 spiro atoms. The highest BCUT2D eigenvalue weighted by Crippen LogP contribution is 2.13. The van der Waals surface area contributed by atoms with Gasteiger partial charge in [0.1, 0.15) is 5.75 Å². The Kier molecular flexibility index (Phi) is 14.6. The summed E-state index contributed by atoms with van der Waals surface area (Å²) in [5.41, 5.74) is 0. The lowest BCUT2D eigenvalue weighted by atomic mass is 10.0. The zero-order chi connectivity index (χ0) is 18.7. The van der Waals surface area contributed by atoms with Gasteiger partial charge in [-0.1, -0.05) is 108 Å². The second-order valence-corrected chi connectivity index (χ2v) is 7.17. The minimum Gasteiger partial charge on any atom is -0.423 e. The highest BCUT2D eigenvalue weighted by atomic mass is 16.5. The zero-order valence-electron chi connectivity index (χ0n) is 16.8. The third-order valence-electron chi connectivity index (χ3n) is 4.69. The number of carbonyl (C=O) groups is 1. The maximum Gasteiger partial charge on any atom is 0.335 e. The number of allylic oxidation sites excluding steroid dienone is 1. The number of para-hydroxylation sites is 1. The van der Waals surface area contributed by atoms with Crippen molar-refractivity contribution < 1.29 is 9.53 Å². The fourth-order valence-electron chi connectivity index (χ4n) is 3.10. The van der Waals surface area contributed by atoms with E-state index in [2.05, 4.69) is 6.92 Å². The molecule has 1 rings (SSSR count). The quantitative estimate of drug-likeness (QED) is 0.131. The maximum atomic E-state index is 11.6. The molecule has 1 aromatic carbocycles. The molecule has 0 amide bonds. The summed E-state index contributed by atoms with van der Waals surface area (Å²) in [6.45, 7) is 2.27. The van der Waals surface area contributed by atoms with Crippen LogP contribution >= 0.6 is 0 Å². The minimum absolute atomic E-state index is 0.286. The van der Waals surface area contributed by atoms with Crippen LogP contribution in [0.4, 0.5) is 0 Å². The van der Waals surface area contributed by atoms with Crippen molar-refractivity contribution in [3.63, 3.8) is 0 Å². The van der Waals surface area contributed by atoms with Gasteiger partial charge in [0.05, 0.1) is 0 Å². The molecule has 0 aliphatic heterocycles. The van der Waals surface area contributed by atoms with E-state index < -0.39 is 0 Å². The molecule has 2 heteroatoms. The monoisotopic (exact) mass is 358 g/mol. The Hall–Kier alpha value is -1.57. The van der Waals surface area contributed by atoms with Gasteiger partial charge in [0.15, 0.2) is 0 Å². The van der Waals surface area contributed by atoms with Gasteiger partial charge in [0, 0.05) is 6.08 Å². The summed E-state index contributed by atoms with van der Waals surface area (Å²) < 4.78 is 5.21. The van der Waals surface area contributed by atoms with E-state index in [-0.39, 0.29) is 5.97 Å². The molecule has 0 atom stereocenters. The molecule has 2 nitrogen and oxygen atoms in total. The average Bonchev–Trinajstić information content (AvgIpc) is 2.65. The lowest BCUT2D eigenvalue weighted by Crippen LogP contribution is -2.03.